The third-order valence-electron chi connectivity index (χ3n) is 3.37. The lowest BCUT2D eigenvalue weighted by Crippen LogP contribution is -2.33. The minimum absolute atomic E-state index is 0.0576. The van der Waals surface area contributed by atoms with E-state index in [1.807, 2.05) is 0 Å². The third-order valence-corrected chi connectivity index (χ3v) is 3.86. The molecule has 20 heavy (non-hydrogen) atoms. The average Bonchev–Trinajstić information content (AvgIpc) is 2.83. The Kier molecular flexibility index (Phi) is 5.46. The lowest BCUT2D eigenvalue weighted by Gasteiger charge is -2.12. The van der Waals surface area contributed by atoms with Gasteiger partial charge in [-0.1, -0.05) is 23.2 Å². The number of nitrogens with one attached hydrogen (secondary N) is 2. The van der Waals surface area contributed by atoms with Crippen LogP contribution in [0.25, 0.3) is 0 Å². The van der Waals surface area contributed by atoms with Gasteiger partial charge in [0.1, 0.15) is 5.82 Å². The van der Waals surface area contributed by atoms with E-state index in [1.165, 1.54) is 6.20 Å². The number of pyridine rings is 1. The van der Waals surface area contributed by atoms with Crippen LogP contribution in [0.5, 0.6) is 0 Å². The topological polar surface area (TPSA) is 80.0 Å². The maximum absolute atomic E-state index is 11.9. The van der Waals surface area contributed by atoms with Crippen LogP contribution < -0.4 is 16.4 Å². The quantitative estimate of drug-likeness (QED) is 0.726. The predicted octanol–water partition coefficient (Wildman–Crippen LogP) is 2.04. The maximum atomic E-state index is 11.9. The van der Waals surface area contributed by atoms with Crippen LogP contribution in [0.1, 0.15) is 19.3 Å². The lowest BCUT2D eigenvalue weighted by molar-refractivity contribution is -0.124. The van der Waals surface area contributed by atoms with Crippen LogP contribution in [0.2, 0.25) is 10.0 Å². The van der Waals surface area contributed by atoms with Crippen molar-refractivity contribution in [2.75, 3.05) is 18.4 Å². The molecule has 0 saturated heterocycles. The molecule has 7 heteroatoms. The first-order valence-corrected chi connectivity index (χ1v) is 7.40. The number of nitrogens with zero attached hydrogens (tertiary/aromatic N) is 1. The Labute approximate surface area is 128 Å². The molecule has 0 aliphatic heterocycles. The molecule has 0 bridgehead atoms. The van der Waals surface area contributed by atoms with Gasteiger partial charge in [0.2, 0.25) is 5.91 Å². The second-order valence-corrected chi connectivity index (χ2v) is 5.82. The highest BCUT2D eigenvalue weighted by Crippen LogP contribution is 2.24. The summed E-state index contributed by atoms with van der Waals surface area (Å²) in [6, 6.07) is 1.79. The van der Waals surface area contributed by atoms with E-state index in [4.69, 9.17) is 28.9 Å². The minimum Gasteiger partial charge on any atom is -0.367 e. The Bertz CT molecular complexity index is 483. The van der Waals surface area contributed by atoms with Crippen molar-refractivity contribution in [1.82, 2.24) is 10.3 Å². The highest BCUT2D eigenvalue weighted by atomic mass is 35.5. The van der Waals surface area contributed by atoms with Gasteiger partial charge in [-0.05, 0) is 25.3 Å². The molecule has 2 rings (SSSR count). The highest BCUT2D eigenvalue weighted by molar-refractivity contribution is 6.35. The van der Waals surface area contributed by atoms with Gasteiger partial charge >= 0.3 is 0 Å². The second-order valence-electron chi connectivity index (χ2n) is 4.97. The summed E-state index contributed by atoms with van der Waals surface area (Å²) >= 11 is 11.7. The van der Waals surface area contributed by atoms with Crippen LogP contribution in [0.4, 0.5) is 5.82 Å². The van der Waals surface area contributed by atoms with E-state index >= 15 is 0 Å². The Balaban J connectivity index is 1.70. The maximum Gasteiger partial charge on any atom is 0.223 e. The fraction of sp³-hybridized carbons (Fsp3) is 0.538. The van der Waals surface area contributed by atoms with E-state index in [2.05, 4.69) is 15.6 Å². The summed E-state index contributed by atoms with van der Waals surface area (Å²) in [5, 5.41) is 6.90. The molecule has 110 valence electrons. The SMILES string of the molecule is NC1CCC(C(=O)NCCNc2ncc(Cl)cc2Cl)C1. The first-order chi connectivity index (χ1) is 9.56. The second kappa shape index (κ2) is 7.11. The van der Waals surface area contributed by atoms with Crippen molar-refractivity contribution in [1.29, 1.82) is 0 Å². The third kappa shape index (κ3) is 4.23. The number of aromatic nitrogens is 1. The first-order valence-electron chi connectivity index (χ1n) is 6.64. The van der Waals surface area contributed by atoms with Crippen molar-refractivity contribution < 1.29 is 4.79 Å². The van der Waals surface area contributed by atoms with E-state index in [-0.39, 0.29) is 17.9 Å². The lowest BCUT2D eigenvalue weighted by atomic mass is 10.1. The van der Waals surface area contributed by atoms with E-state index in [0.717, 1.165) is 19.3 Å². The van der Waals surface area contributed by atoms with Crippen molar-refractivity contribution in [3.05, 3.63) is 22.3 Å². The minimum atomic E-state index is 0.0576. The van der Waals surface area contributed by atoms with Crippen LogP contribution in [-0.2, 0) is 4.79 Å². The largest absolute Gasteiger partial charge is 0.367 e. The summed E-state index contributed by atoms with van der Waals surface area (Å²) in [6.07, 6.45) is 4.11. The van der Waals surface area contributed by atoms with Crippen LogP contribution in [0, 0.1) is 5.92 Å². The molecule has 4 N–H and O–H groups in total. The molecule has 0 aromatic carbocycles. The highest BCUT2D eigenvalue weighted by Gasteiger charge is 2.27. The zero-order chi connectivity index (χ0) is 14.5. The van der Waals surface area contributed by atoms with E-state index < -0.39 is 0 Å². The zero-order valence-corrected chi connectivity index (χ0v) is 12.5. The van der Waals surface area contributed by atoms with Gasteiger partial charge in [0, 0.05) is 31.2 Å². The van der Waals surface area contributed by atoms with E-state index in [1.54, 1.807) is 6.07 Å². The van der Waals surface area contributed by atoms with Crippen LogP contribution in [0.3, 0.4) is 0 Å². The summed E-state index contributed by atoms with van der Waals surface area (Å²) in [5.74, 6) is 0.699. The van der Waals surface area contributed by atoms with E-state index in [9.17, 15) is 4.79 Å². The van der Waals surface area contributed by atoms with Gasteiger partial charge in [0.05, 0.1) is 10.0 Å². The van der Waals surface area contributed by atoms with Gasteiger partial charge in [-0.3, -0.25) is 4.79 Å². The number of halogens is 2. The van der Waals surface area contributed by atoms with E-state index in [0.29, 0.717) is 29.0 Å². The molecule has 2 unspecified atom stereocenters. The molecule has 2 atom stereocenters. The van der Waals surface area contributed by atoms with Crippen molar-refractivity contribution in [2.24, 2.45) is 11.7 Å². The summed E-state index contributed by atoms with van der Waals surface area (Å²) in [5.41, 5.74) is 5.80. The molecule has 1 fully saturated rings. The standard InChI is InChI=1S/C13H18Cl2N4O/c14-9-6-11(15)12(19-7-9)17-3-4-18-13(20)8-1-2-10(16)5-8/h6-8,10H,1-5,16H2,(H,17,19)(H,18,20). The van der Waals surface area contributed by atoms with Gasteiger partial charge < -0.3 is 16.4 Å². The molecular formula is C13H18Cl2N4O. The van der Waals surface area contributed by atoms with Crippen molar-refractivity contribution >= 4 is 34.9 Å². The average molecular weight is 317 g/mol. The summed E-state index contributed by atoms with van der Waals surface area (Å²) in [7, 11) is 0. The number of hydrogen-bond donors (Lipinski definition) is 3. The Morgan fingerprint density at radius 3 is 2.85 bits per heavy atom. The summed E-state index contributed by atoms with van der Waals surface area (Å²) in [4.78, 5) is 15.9. The normalized spacial score (nSPS) is 21.8. The van der Waals surface area contributed by atoms with Gasteiger partial charge in [-0.25, -0.2) is 4.98 Å². The smallest absolute Gasteiger partial charge is 0.223 e. The predicted molar refractivity (Wildman–Crippen MR) is 81.1 cm³/mol. The molecule has 0 spiro atoms. The Morgan fingerprint density at radius 1 is 1.40 bits per heavy atom. The molecule has 1 aliphatic rings. The van der Waals surface area contributed by atoms with Crippen LogP contribution in [-0.4, -0.2) is 30.0 Å². The first kappa shape index (κ1) is 15.4. The molecule has 1 amide bonds. The Hall–Kier alpha value is -1.04. The summed E-state index contributed by atoms with van der Waals surface area (Å²) < 4.78 is 0. The van der Waals surface area contributed by atoms with Crippen molar-refractivity contribution in [3.63, 3.8) is 0 Å². The number of nitrogens with two attached hydrogens (primary N) is 1. The van der Waals surface area contributed by atoms with Crippen molar-refractivity contribution in [2.45, 2.75) is 25.3 Å². The zero-order valence-electron chi connectivity index (χ0n) is 11.0. The van der Waals surface area contributed by atoms with Gasteiger partial charge in [-0.15, -0.1) is 0 Å². The number of amides is 1. The van der Waals surface area contributed by atoms with Gasteiger partial charge in [0.25, 0.3) is 0 Å². The van der Waals surface area contributed by atoms with Crippen molar-refractivity contribution in [3.8, 4) is 0 Å². The number of carbonyl (C=O) groups excluding carboxylic acids is 1. The molecule has 1 aliphatic carbocycles. The van der Waals surface area contributed by atoms with Crippen LogP contribution >= 0.6 is 23.2 Å². The number of anilines is 1. The Morgan fingerprint density at radius 2 is 2.20 bits per heavy atom. The molecule has 5 nitrogen and oxygen atoms in total. The number of hydrogen-bond acceptors (Lipinski definition) is 4. The van der Waals surface area contributed by atoms with Gasteiger partial charge in [-0.2, -0.15) is 0 Å². The fourth-order valence-electron chi connectivity index (χ4n) is 2.31. The number of carbonyl (C=O) groups is 1. The monoisotopic (exact) mass is 316 g/mol. The fourth-order valence-corrected chi connectivity index (χ4v) is 2.76. The molecular weight excluding hydrogens is 299 g/mol. The molecule has 1 saturated carbocycles. The molecule has 1 aromatic heterocycles. The van der Waals surface area contributed by atoms with Crippen LogP contribution in [0.15, 0.2) is 12.3 Å². The molecule has 0 radical (unpaired) electrons. The summed E-state index contributed by atoms with van der Waals surface area (Å²) in [6.45, 7) is 1.07. The molecule has 1 heterocycles. The molecule has 1 aromatic rings. The van der Waals surface area contributed by atoms with Gasteiger partial charge in [0.15, 0.2) is 0 Å². The number of rotatable bonds is 5.